The van der Waals surface area contributed by atoms with Gasteiger partial charge in [-0.15, -0.1) is 0 Å². The summed E-state index contributed by atoms with van der Waals surface area (Å²) in [6.07, 6.45) is 10.4. The number of para-hydroxylation sites is 1. The zero-order valence-electron chi connectivity index (χ0n) is 15.1. The molecule has 1 N–H and O–H groups in total. The highest BCUT2D eigenvalue weighted by Gasteiger charge is 2.47. The van der Waals surface area contributed by atoms with Gasteiger partial charge in [-0.05, 0) is 37.0 Å². The van der Waals surface area contributed by atoms with Crippen LogP contribution >= 0.6 is 0 Å². The van der Waals surface area contributed by atoms with E-state index in [0.29, 0.717) is 11.8 Å². The summed E-state index contributed by atoms with van der Waals surface area (Å²) in [6, 6.07) is 10.9. The van der Waals surface area contributed by atoms with Gasteiger partial charge in [-0.1, -0.05) is 37.5 Å². The van der Waals surface area contributed by atoms with Crippen LogP contribution in [0, 0.1) is 11.8 Å². The summed E-state index contributed by atoms with van der Waals surface area (Å²) in [5.74, 6) is 1.02. The lowest BCUT2D eigenvalue weighted by atomic mass is 9.80. The summed E-state index contributed by atoms with van der Waals surface area (Å²) in [7, 11) is 0. The molecule has 3 heterocycles. The molecule has 0 bridgehead atoms. The molecule has 1 aliphatic carbocycles. The van der Waals surface area contributed by atoms with E-state index in [4.69, 9.17) is 4.42 Å². The lowest BCUT2D eigenvalue weighted by Gasteiger charge is -2.40. The van der Waals surface area contributed by atoms with Crippen LogP contribution in [-0.2, 0) is 4.79 Å². The highest BCUT2D eigenvalue weighted by molar-refractivity contribution is 5.80. The minimum absolute atomic E-state index is 0.182. The molecule has 3 aliphatic rings. The zero-order valence-corrected chi connectivity index (χ0v) is 15.1. The van der Waals surface area contributed by atoms with E-state index in [1.165, 1.54) is 30.4 Å². The van der Waals surface area contributed by atoms with E-state index in [9.17, 15) is 4.79 Å². The van der Waals surface area contributed by atoms with Crippen molar-refractivity contribution in [3.63, 3.8) is 0 Å². The van der Waals surface area contributed by atoms with Gasteiger partial charge in [-0.2, -0.15) is 0 Å². The molecule has 1 aromatic heterocycles. The molecule has 1 saturated heterocycles. The highest BCUT2D eigenvalue weighted by Crippen LogP contribution is 2.51. The van der Waals surface area contributed by atoms with Crippen LogP contribution in [0.3, 0.4) is 0 Å². The molecule has 3 atom stereocenters. The molecule has 4 nitrogen and oxygen atoms in total. The average molecular weight is 350 g/mol. The molecule has 5 rings (SSSR count). The second-order valence-corrected chi connectivity index (χ2v) is 8.03. The number of likely N-dealkylation sites (tertiary alicyclic amines) is 1. The summed E-state index contributed by atoms with van der Waals surface area (Å²) < 4.78 is 5.35. The second-order valence-electron chi connectivity index (χ2n) is 8.03. The first-order valence-corrected chi connectivity index (χ1v) is 10.0. The van der Waals surface area contributed by atoms with Crippen molar-refractivity contribution in [1.82, 2.24) is 4.90 Å². The standard InChI is InChI=1S/C22H26N2O2/c25-22(15-6-2-1-3-7-15)24-12-10-18-20(16-11-13-26-14-16)23-19-9-5-4-8-17(19)21(18)24/h4-5,8-9,11,13-15,18,20-21,23H,1-3,6-7,10,12H2/t18-,20+,21+/m0/s1. The first kappa shape index (κ1) is 16.0. The fraction of sp³-hybridized carbons (Fsp3) is 0.500. The smallest absolute Gasteiger partial charge is 0.226 e. The van der Waals surface area contributed by atoms with Crippen LogP contribution in [0.4, 0.5) is 5.69 Å². The van der Waals surface area contributed by atoms with E-state index in [1.54, 1.807) is 6.26 Å². The van der Waals surface area contributed by atoms with Crippen molar-refractivity contribution >= 4 is 11.6 Å². The Labute approximate surface area is 154 Å². The first-order valence-electron chi connectivity index (χ1n) is 10.0. The summed E-state index contributed by atoms with van der Waals surface area (Å²) in [6.45, 7) is 0.870. The van der Waals surface area contributed by atoms with E-state index < -0.39 is 0 Å². The lowest BCUT2D eigenvalue weighted by molar-refractivity contribution is -0.138. The van der Waals surface area contributed by atoms with Crippen LogP contribution in [0.2, 0.25) is 0 Å². The van der Waals surface area contributed by atoms with Crippen LogP contribution < -0.4 is 5.32 Å². The Hall–Kier alpha value is -2.23. The molecule has 2 aliphatic heterocycles. The number of hydrogen-bond acceptors (Lipinski definition) is 3. The third kappa shape index (κ3) is 2.54. The average Bonchev–Trinajstić information content (AvgIpc) is 3.38. The highest BCUT2D eigenvalue weighted by atomic mass is 16.3. The van der Waals surface area contributed by atoms with E-state index in [-0.39, 0.29) is 18.0 Å². The van der Waals surface area contributed by atoms with Gasteiger partial charge >= 0.3 is 0 Å². The molecular weight excluding hydrogens is 324 g/mol. The number of carbonyl (C=O) groups excluding carboxylic acids is 1. The number of fused-ring (bicyclic) bond motifs is 3. The van der Waals surface area contributed by atoms with Crippen molar-refractivity contribution in [1.29, 1.82) is 0 Å². The zero-order chi connectivity index (χ0) is 17.5. The molecule has 2 fully saturated rings. The SMILES string of the molecule is O=C(C1CCCCC1)N1CC[C@H]2[C@@H](c3ccoc3)Nc3ccccc3[C@H]21. The monoisotopic (exact) mass is 350 g/mol. The third-order valence-electron chi connectivity index (χ3n) is 6.60. The van der Waals surface area contributed by atoms with E-state index in [0.717, 1.165) is 31.5 Å². The number of rotatable bonds is 2. The predicted octanol–water partition coefficient (Wildman–Crippen LogP) is 4.92. The van der Waals surface area contributed by atoms with Crippen molar-refractivity contribution in [2.24, 2.45) is 11.8 Å². The van der Waals surface area contributed by atoms with Crippen molar-refractivity contribution < 1.29 is 9.21 Å². The number of nitrogens with one attached hydrogen (secondary N) is 1. The molecule has 4 heteroatoms. The van der Waals surface area contributed by atoms with Crippen LogP contribution in [-0.4, -0.2) is 17.4 Å². The molecule has 0 radical (unpaired) electrons. The number of anilines is 1. The molecule has 0 spiro atoms. The van der Waals surface area contributed by atoms with E-state index in [1.807, 2.05) is 12.3 Å². The van der Waals surface area contributed by atoms with Gasteiger partial charge in [0.25, 0.3) is 0 Å². The molecular formula is C22H26N2O2. The molecule has 0 unspecified atom stereocenters. The fourth-order valence-corrected chi connectivity index (χ4v) is 5.34. The maximum absolute atomic E-state index is 13.3. The quantitative estimate of drug-likeness (QED) is 0.836. The third-order valence-corrected chi connectivity index (χ3v) is 6.60. The Bertz CT molecular complexity index is 779. The van der Waals surface area contributed by atoms with Gasteiger partial charge in [-0.25, -0.2) is 0 Å². The summed E-state index contributed by atoms with van der Waals surface area (Å²) in [4.78, 5) is 15.5. The maximum Gasteiger partial charge on any atom is 0.226 e. The van der Waals surface area contributed by atoms with Gasteiger partial charge in [0.15, 0.2) is 0 Å². The van der Waals surface area contributed by atoms with Crippen molar-refractivity contribution in [2.75, 3.05) is 11.9 Å². The Morgan fingerprint density at radius 1 is 1.08 bits per heavy atom. The number of hydrogen-bond donors (Lipinski definition) is 1. The fourth-order valence-electron chi connectivity index (χ4n) is 5.34. The van der Waals surface area contributed by atoms with Crippen LogP contribution in [0.25, 0.3) is 0 Å². The van der Waals surface area contributed by atoms with Crippen molar-refractivity contribution in [3.8, 4) is 0 Å². The molecule has 1 aromatic carbocycles. The van der Waals surface area contributed by atoms with Gasteiger partial charge in [0.2, 0.25) is 5.91 Å². The molecule has 2 aromatic rings. The van der Waals surface area contributed by atoms with Gasteiger partial charge in [0.05, 0.1) is 24.6 Å². The predicted molar refractivity (Wildman–Crippen MR) is 101 cm³/mol. The van der Waals surface area contributed by atoms with E-state index in [2.05, 4.69) is 34.5 Å². The minimum atomic E-state index is 0.182. The molecule has 136 valence electrons. The molecule has 26 heavy (non-hydrogen) atoms. The maximum atomic E-state index is 13.3. The lowest BCUT2D eigenvalue weighted by Crippen LogP contribution is -2.40. The van der Waals surface area contributed by atoms with Crippen LogP contribution in [0.15, 0.2) is 47.3 Å². The van der Waals surface area contributed by atoms with Crippen LogP contribution in [0.5, 0.6) is 0 Å². The number of amides is 1. The number of carbonyl (C=O) groups is 1. The summed E-state index contributed by atoms with van der Waals surface area (Å²) >= 11 is 0. The van der Waals surface area contributed by atoms with E-state index >= 15 is 0 Å². The number of furan rings is 1. The van der Waals surface area contributed by atoms with Gasteiger partial charge in [0.1, 0.15) is 0 Å². The number of nitrogens with zero attached hydrogens (tertiary/aromatic N) is 1. The largest absolute Gasteiger partial charge is 0.472 e. The van der Waals surface area contributed by atoms with Crippen molar-refractivity contribution in [3.05, 3.63) is 54.0 Å². The van der Waals surface area contributed by atoms with Crippen LogP contribution in [0.1, 0.15) is 61.7 Å². The van der Waals surface area contributed by atoms with Gasteiger partial charge in [-0.3, -0.25) is 4.79 Å². The molecule has 1 saturated carbocycles. The minimum Gasteiger partial charge on any atom is -0.472 e. The summed E-state index contributed by atoms with van der Waals surface area (Å²) in [5.41, 5.74) is 3.61. The van der Waals surface area contributed by atoms with Gasteiger partial charge in [0, 0.05) is 29.6 Å². The Morgan fingerprint density at radius 3 is 2.73 bits per heavy atom. The Balaban J connectivity index is 1.50. The Morgan fingerprint density at radius 2 is 1.92 bits per heavy atom. The Kier molecular flexibility index (Phi) is 3.99. The summed E-state index contributed by atoms with van der Waals surface area (Å²) in [5, 5.41) is 3.71. The second kappa shape index (κ2) is 6.49. The normalized spacial score (nSPS) is 28.3. The van der Waals surface area contributed by atoms with Gasteiger partial charge < -0.3 is 14.6 Å². The van der Waals surface area contributed by atoms with Crippen molar-refractivity contribution in [2.45, 2.75) is 50.6 Å². The number of benzene rings is 1. The molecule has 1 amide bonds. The first-order chi connectivity index (χ1) is 12.8. The topological polar surface area (TPSA) is 45.5 Å².